The van der Waals surface area contributed by atoms with Gasteiger partial charge < -0.3 is 19.3 Å². The van der Waals surface area contributed by atoms with E-state index in [1.165, 1.54) is 7.11 Å². The second-order valence-corrected chi connectivity index (χ2v) is 7.41. The standard InChI is InChI=1S/C23H23ClN2O5/c1-14-20(15(2)31-26-14)13-30-19-6-4-5-17(11-19)23(28)25-21(12-22(27)29-3)16-7-9-18(24)10-8-16/h4-11,21H,12-13H2,1-3H3,(H,25,28). The topological polar surface area (TPSA) is 90.7 Å². The van der Waals surface area contributed by atoms with Crippen molar-refractivity contribution >= 4 is 23.5 Å². The number of hydrogen-bond acceptors (Lipinski definition) is 6. The number of carbonyl (C=O) groups is 2. The lowest BCUT2D eigenvalue weighted by Gasteiger charge is -2.18. The van der Waals surface area contributed by atoms with Crippen molar-refractivity contribution in [2.45, 2.75) is 32.9 Å². The Morgan fingerprint density at radius 1 is 1.16 bits per heavy atom. The number of nitrogens with one attached hydrogen (secondary N) is 1. The summed E-state index contributed by atoms with van der Waals surface area (Å²) in [5.74, 6) is 0.451. The highest BCUT2D eigenvalue weighted by atomic mass is 35.5. The van der Waals surface area contributed by atoms with Crippen molar-refractivity contribution in [1.29, 1.82) is 0 Å². The Kier molecular flexibility index (Phi) is 7.31. The van der Waals surface area contributed by atoms with Gasteiger partial charge in [-0.15, -0.1) is 0 Å². The summed E-state index contributed by atoms with van der Waals surface area (Å²) in [6, 6.07) is 13.2. The van der Waals surface area contributed by atoms with E-state index >= 15 is 0 Å². The second kappa shape index (κ2) is 10.1. The molecule has 0 aliphatic heterocycles. The molecule has 1 unspecified atom stereocenters. The summed E-state index contributed by atoms with van der Waals surface area (Å²) in [6.45, 7) is 3.94. The molecule has 2 aromatic carbocycles. The van der Waals surface area contributed by atoms with Crippen LogP contribution in [-0.2, 0) is 16.1 Å². The fraction of sp³-hybridized carbons (Fsp3) is 0.261. The van der Waals surface area contributed by atoms with Crippen molar-refractivity contribution in [2.75, 3.05) is 7.11 Å². The number of ether oxygens (including phenoxy) is 2. The van der Waals surface area contributed by atoms with E-state index in [-0.39, 0.29) is 18.9 Å². The first kappa shape index (κ1) is 22.4. The lowest BCUT2D eigenvalue weighted by molar-refractivity contribution is -0.141. The van der Waals surface area contributed by atoms with Crippen molar-refractivity contribution in [2.24, 2.45) is 0 Å². The van der Waals surface area contributed by atoms with Crippen LogP contribution in [0.15, 0.2) is 53.1 Å². The highest BCUT2D eigenvalue weighted by Gasteiger charge is 2.20. The Bertz CT molecular complexity index is 1040. The zero-order valence-electron chi connectivity index (χ0n) is 17.5. The Hall–Kier alpha value is -3.32. The fourth-order valence-corrected chi connectivity index (χ4v) is 3.16. The maximum absolute atomic E-state index is 12.9. The molecule has 1 heterocycles. The molecule has 0 radical (unpaired) electrons. The maximum Gasteiger partial charge on any atom is 0.307 e. The summed E-state index contributed by atoms with van der Waals surface area (Å²) >= 11 is 5.95. The zero-order valence-corrected chi connectivity index (χ0v) is 18.2. The Morgan fingerprint density at radius 3 is 2.55 bits per heavy atom. The van der Waals surface area contributed by atoms with E-state index in [4.69, 9.17) is 25.6 Å². The van der Waals surface area contributed by atoms with Gasteiger partial charge in [-0.05, 0) is 49.7 Å². The molecule has 162 valence electrons. The van der Waals surface area contributed by atoms with Crippen LogP contribution in [0.3, 0.4) is 0 Å². The number of rotatable bonds is 8. The molecule has 0 spiro atoms. The van der Waals surface area contributed by atoms with Crippen LogP contribution in [0.25, 0.3) is 0 Å². The predicted molar refractivity (Wildman–Crippen MR) is 115 cm³/mol. The van der Waals surface area contributed by atoms with E-state index < -0.39 is 12.0 Å². The second-order valence-electron chi connectivity index (χ2n) is 6.98. The third-order valence-corrected chi connectivity index (χ3v) is 5.09. The average Bonchev–Trinajstić information content (AvgIpc) is 3.09. The number of esters is 1. The van der Waals surface area contributed by atoms with Gasteiger partial charge in [0, 0.05) is 10.6 Å². The number of halogens is 1. The number of amides is 1. The van der Waals surface area contributed by atoms with Crippen LogP contribution >= 0.6 is 11.6 Å². The summed E-state index contributed by atoms with van der Waals surface area (Å²) in [4.78, 5) is 24.7. The molecule has 1 amide bonds. The minimum absolute atomic E-state index is 0.00783. The van der Waals surface area contributed by atoms with Crippen LogP contribution in [0.2, 0.25) is 5.02 Å². The third kappa shape index (κ3) is 5.86. The lowest BCUT2D eigenvalue weighted by Crippen LogP contribution is -2.30. The summed E-state index contributed by atoms with van der Waals surface area (Å²) < 4.78 is 15.7. The molecule has 1 N–H and O–H groups in total. The molecule has 8 heteroatoms. The molecular weight excluding hydrogens is 420 g/mol. The van der Waals surface area contributed by atoms with E-state index in [2.05, 4.69) is 10.5 Å². The Labute approximate surface area is 185 Å². The molecule has 31 heavy (non-hydrogen) atoms. The van der Waals surface area contributed by atoms with Gasteiger partial charge >= 0.3 is 5.97 Å². The minimum atomic E-state index is -0.566. The first-order valence-corrected chi connectivity index (χ1v) is 10.0. The number of methoxy groups -OCH3 is 1. The molecular formula is C23H23ClN2O5. The molecule has 0 saturated carbocycles. The van der Waals surface area contributed by atoms with Crippen molar-refractivity contribution < 1.29 is 23.6 Å². The van der Waals surface area contributed by atoms with Gasteiger partial charge in [0.05, 0.1) is 30.8 Å². The third-order valence-electron chi connectivity index (χ3n) is 4.84. The van der Waals surface area contributed by atoms with Gasteiger partial charge in [0.25, 0.3) is 5.91 Å². The molecule has 0 saturated heterocycles. The van der Waals surface area contributed by atoms with Gasteiger partial charge in [-0.1, -0.05) is 35.0 Å². The molecule has 0 aliphatic carbocycles. The highest BCUT2D eigenvalue weighted by molar-refractivity contribution is 6.30. The van der Waals surface area contributed by atoms with E-state index in [9.17, 15) is 9.59 Å². The van der Waals surface area contributed by atoms with Crippen LogP contribution in [-0.4, -0.2) is 24.1 Å². The Balaban J connectivity index is 1.73. The molecule has 3 rings (SSSR count). The molecule has 0 bridgehead atoms. The van der Waals surface area contributed by atoms with Crippen molar-refractivity contribution in [1.82, 2.24) is 10.5 Å². The van der Waals surface area contributed by atoms with Crippen molar-refractivity contribution in [3.63, 3.8) is 0 Å². The summed E-state index contributed by atoms with van der Waals surface area (Å²) in [7, 11) is 1.31. The first-order chi connectivity index (χ1) is 14.9. The van der Waals surface area contributed by atoms with Crippen LogP contribution in [0.5, 0.6) is 5.75 Å². The molecule has 0 fully saturated rings. The van der Waals surface area contributed by atoms with Gasteiger partial charge in [-0.25, -0.2) is 0 Å². The van der Waals surface area contributed by atoms with Gasteiger partial charge in [-0.3, -0.25) is 9.59 Å². The number of hydrogen-bond donors (Lipinski definition) is 1. The quantitative estimate of drug-likeness (QED) is 0.514. The lowest BCUT2D eigenvalue weighted by atomic mass is 10.0. The Morgan fingerprint density at radius 2 is 1.90 bits per heavy atom. The maximum atomic E-state index is 12.9. The number of benzene rings is 2. The normalized spacial score (nSPS) is 11.6. The summed E-state index contributed by atoms with van der Waals surface area (Å²) in [5.41, 5.74) is 2.78. The van der Waals surface area contributed by atoms with E-state index in [0.717, 1.165) is 16.8 Å². The SMILES string of the molecule is COC(=O)CC(NC(=O)c1cccc(OCc2c(C)noc2C)c1)c1ccc(Cl)cc1. The number of carbonyl (C=O) groups excluding carboxylic acids is 2. The molecule has 1 atom stereocenters. The fourth-order valence-electron chi connectivity index (χ4n) is 3.03. The van der Waals surface area contributed by atoms with Crippen LogP contribution in [0.1, 0.15) is 45.4 Å². The van der Waals surface area contributed by atoms with Crippen molar-refractivity contribution in [3.8, 4) is 5.75 Å². The highest BCUT2D eigenvalue weighted by Crippen LogP contribution is 2.22. The summed E-state index contributed by atoms with van der Waals surface area (Å²) in [5, 5.41) is 7.36. The molecule has 3 aromatic rings. The average molecular weight is 443 g/mol. The summed E-state index contributed by atoms with van der Waals surface area (Å²) in [6.07, 6.45) is -0.00783. The number of aryl methyl sites for hydroxylation is 2. The van der Waals surface area contributed by atoms with Gasteiger partial charge in [-0.2, -0.15) is 0 Å². The van der Waals surface area contributed by atoms with E-state index in [1.807, 2.05) is 13.8 Å². The van der Waals surface area contributed by atoms with E-state index in [1.54, 1.807) is 48.5 Å². The molecule has 0 aliphatic rings. The smallest absolute Gasteiger partial charge is 0.307 e. The van der Waals surface area contributed by atoms with E-state index in [0.29, 0.717) is 22.1 Å². The van der Waals surface area contributed by atoms with Gasteiger partial charge in [0.15, 0.2) is 0 Å². The number of aromatic nitrogens is 1. The van der Waals surface area contributed by atoms with Crippen LogP contribution < -0.4 is 10.1 Å². The first-order valence-electron chi connectivity index (χ1n) is 9.65. The zero-order chi connectivity index (χ0) is 22.4. The van der Waals surface area contributed by atoms with Crippen molar-refractivity contribution in [3.05, 3.63) is 81.7 Å². The molecule has 7 nitrogen and oxygen atoms in total. The minimum Gasteiger partial charge on any atom is -0.489 e. The number of nitrogens with zero attached hydrogens (tertiary/aromatic N) is 1. The largest absolute Gasteiger partial charge is 0.489 e. The van der Waals surface area contributed by atoms with Crippen LogP contribution in [0.4, 0.5) is 0 Å². The van der Waals surface area contributed by atoms with Crippen LogP contribution in [0, 0.1) is 13.8 Å². The monoisotopic (exact) mass is 442 g/mol. The van der Waals surface area contributed by atoms with Gasteiger partial charge in [0.2, 0.25) is 0 Å². The van der Waals surface area contributed by atoms with Gasteiger partial charge in [0.1, 0.15) is 18.1 Å². The predicted octanol–water partition coefficient (Wildman–Crippen LogP) is 4.56. The molecule has 1 aromatic heterocycles.